The highest BCUT2D eigenvalue weighted by Gasteiger charge is 2.17. The summed E-state index contributed by atoms with van der Waals surface area (Å²) in [5, 5.41) is 0.461. The van der Waals surface area contributed by atoms with E-state index in [9.17, 15) is 8.42 Å². The highest BCUT2D eigenvalue weighted by Crippen LogP contribution is 2.28. The molecule has 0 aromatic heterocycles. The predicted octanol–water partition coefficient (Wildman–Crippen LogP) is 3.26. The fraction of sp³-hybridized carbons (Fsp3) is 0.455. The van der Waals surface area contributed by atoms with Crippen LogP contribution < -0.4 is 0 Å². The molecule has 1 atom stereocenters. The minimum absolute atomic E-state index is 0.229. The molecule has 84 valence electrons. The van der Waals surface area contributed by atoms with Crippen molar-refractivity contribution >= 4 is 21.4 Å². The van der Waals surface area contributed by atoms with Crippen molar-refractivity contribution in [2.24, 2.45) is 0 Å². The molecule has 0 amide bonds. The average Bonchev–Trinajstić information content (AvgIpc) is 2.15. The van der Waals surface area contributed by atoms with Gasteiger partial charge in [-0.15, -0.1) is 0 Å². The van der Waals surface area contributed by atoms with Gasteiger partial charge in [-0.25, -0.2) is 8.42 Å². The molecule has 0 bridgehead atoms. The van der Waals surface area contributed by atoms with E-state index in [0.29, 0.717) is 9.92 Å². The molecule has 0 saturated heterocycles. The van der Waals surface area contributed by atoms with Gasteiger partial charge < -0.3 is 0 Å². The van der Waals surface area contributed by atoms with Gasteiger partial charge >= 0.3 is 0 Å². The number of halogens is 1. The van der Waals surface area contributed by atoms with E-state index in [1.807, 2.05) is 13.8 Å². The van der Waals surface area contributed by atoms with Crippen LogP contribution in [0.15, 0.2) is 23.1 Å². The Morgan fingerprint density at radius 2 is 2.00 bits per heavy atom. The molecule has 0 aliphatic carbocycles. The quantitative estimate of drug-likeness (QED) is 0.821. The summed E-state index contributed by atoms with van der Waals surface area (Å²) in [6.45, 7) is 4.04. The highest BCUT2D eigenvalue weighted by molar-refractivity contribution is 7.90. The van der Waals surface area contributed by atoms with E-state index < -0.39 is 9.84 Å². The lowest BCUT2D eigenvalue weighted by Crippen LogP contribution is -2.04. The van der Waals surface area contributed by atoms with E-state index in [0.717, 1.165) is 12.0 Å². The van der Waals surface area contributed by atoms with Gasteiger partial charge in [-0.1, -0.05) is 31.5 Å². The summed E-state index contributed by atoms with van der Waals surface area (Å²) in [4.78, 5) is 0.351. The van der Waals surface area contributed by atoms with Crippen molar-refractivity contribution in [2.75, 3.05) is 6.26 Å². The summed E-state index contributed by atoms with van der Waals surface area (Å²) < 4.78 is 23.1. The van der Waals surface area contributed by atoms with Crippen LogP contribution in [-0.4, -0.2) is 14.7 Å². The topological polar surface area (TPSA) is 34.1 Å². The Balaban J connectivity index is 3.40. The molecule has 0 N–H and O–H groups in total. The van der Waals surface area contributed by atoms with Crippen molar-refractivity contribution in [1.82, 2.24) is 0 Å². The molecule has 0 radical (unpaired) electrons. The molecule has 15 heavy (non-hydrogen) atoms. The third kappa shape index (κ3) is 2.95. The zero-order valence-corrected chi connectivity index (χ0v) is 10.7. The lowest BCUT2D eigenvalue weighted by molar-refractivity contribution is 0.598. The zero-order valence-electron chi connectivity index (χ0n) is 9.12. The van der Waals surface area contributed by atoms with Gasteiger partial charge in [-0.2, -0.15) is 0 Å². The summed E-state index contributed by atoms with van der Waals surface area (Å²) in [6.07, 6.45) is 2.12. The molecule has 4 heteroatoms. The van der Waals surface area contributed by atoms with Crippen LogP contribution in [0.5, 0.6) is 0 Å². The van der Waals surface area contributed by atoms with Gasteiger partial charge in [0.05, 0.1) is 4.90 Å². The second kappa shape index (κ2) is 4.54. The van der Waals surface area contributed by atoms with E-state index in [4.69, 9.17) is 11.6 Å². The highest BCUT2D eigenvalue weighted by atomic mass is 35.5. The van der Waals surface area contributed by atoms with Crippen molar-refractivity contribution in [3.05, 3.63) is 28.8 Å². The molecule has 0 aliphatic rings. The molecular formula is C11H15ClO2S. The molecule has 1 aromatic rings. The Kier molecular flexibility index (Phi) is 3.79. The SMILES string of the molecule is CCC(C)c1ccc(Cl)cc1S(C)(=O)=O. The smallest absolute Gasteiger partial charge is 0.175 e. The molecular weight excluding hydrogens is 232 g/mol. The van der Waals surface area contributed by atoms with Gasteiger partial charge in [-0.3, -0.25) is 0 Å². The molecule has 0 saturated carbocycles. The number of benzene rings is 1. The van der Waals surface area contributed by atoms with Crippen molar-refractivity contribution in [1.29, 1.82) is 0 Å². The van der Waals surface area contributed by atoms with Crippen LogP contribution in [0.25, 0.3) is 0 Å². The van der Waals surface area contributed by atoms with Crippen molar-refractivity contribution in [2.45, 2.75) is 31.1 Å². The molecule has 1 unspecified atom stereocenters. The first kappa shape index (κ1) is 12.5. The first-order valence-corrected chi connectivity index (χ1v) is 7.12. The summed E-state index contributed by atoms with van der Waals surface area (Å²) in [5.74, 6) is 0.229. The Hall–Kier alpha value is -0.540. The largest absolute Gasteiger partial charge is 0.224 e. The Bertz CT molecular complexity index is 452. The van der Waals surface area contributed by atoms with Crippen LogP contribution >= 0.6 is 11.6 Å². The average molecular weight is 247 g/mol. The predicted molar refractivity (Wildman–Crippen MR) is 63.3 cm³/mol. The van der Waals surface area contributed by atoms with E-state index in [-0.39, 0.29) is 5.92 Å². The monoisotopic (exact) mass is 246 g/mol. The molecule has 1 rings (SSSR count). The first-order valence-electron chi connectivity index (χ1n) is 4.85. The normalized spacial score (nSPS) is 13.9. The Labute approximate surface area is 96.2 Å². The summed E-state index contributed by atoms with van der Waals surface area (Å²) >= 11 is 5.81. The Morgan fingerprint density at radius 3 is 2.47 bits per heavy atom. The maximum atomic E-state index is 11.6. The Morgan fingerprint density at radius 1 is 1.40 bits per heavy atom. The van der Waals surface area contributed by atoms with Crippen LogP contribution in [0.4, 0.5) is 0 Å². The van der Waals surface area contributed by atoms with Crippen molar-refractivity contribution in [3.63, 3.8) is 0 Å². The minimum Gasteiger partial charge on any atom is -0.224 e. The summed E-state index contributed by atoms with van der Waals surface area (Å²) in [5.41, 5.74) is 0.851. The second-order valence-electron chi connectivity index (χ2n) is 3.76. The van der Waals surface area contributed by atoms with Gasteiger partial charge in [0.15, 0.2) is 9.84 Å². The van der Waals surface area contributed by atoms with Crippen LogP contribution in [-0.2, 0) is 9.84 Å². The first-order chi connectivity index (χ1) is 6.86. The second-order valence-corrected chi connectivity index (χ2v) is 6.18. The lowest BCUT2D eigenvalue weighted by atomic mass is 9.99. The van der Waals surface area contributed by atoms with Gasteiger partial charge in [0, 0.05) is 11.3 Å². The standard InChI is InChI=1S/C11H15ClO2S/c1-4-8(2)10-6-5-9(12)7-11(10)15(3,13)14/h5-8H,4H2,1-3H3. The van der Waals surface area contributed by atoms with Gasteiger partial charge in [0.1, 0.15) is 0 Å². The fourth-order valence-electron chi connectivity index (χ4n) is 1.46. The minimum atomic E-state index is -3.20. The molecule has 0 spiro atoms. The molecule has 2 nitrogen and oxygen atoms in total. The fourth-order valence-corrected chi connectivity index (χ4v) is 2.73. The third-order valence-electron chi connectivity index (χ3n) is 2.52. The zero-order chi connectivity index (χ0) is 11.6. The third-order valence-corrected chi connectivity index (χ3v) is 3.91. The van der Waals surface area contributed by atoms with Gasteiger partial charge in [-0.05, 0) is 30.0 Å². The van der Waals surface area contributed by atoms with Crippen LogP contribution in [0, 0.1) is 0 Å². The van der Waals surface area contributed by atoms with E-state index in [1.165, 1.54) is 12.3 Å². The summed E-state index contributed by atoms with van der Waals surface area (Å²) in [6, 6.07) is 5.06. The lowest BCUT2D eigenvalue weighted by Gasteiger charge is -2.13. The van der Waals surface area contributed by atoms with E-state index in [1.54, 1.807) is 12.1 Å². The van der Waals surface area contributed by atoms with Gasteiger partial charge in [0.25, 0.3) is 0 Å². The maximum absolute atomic E-state index is 11.6. The number of sulfone groups is 1. The van der Waals surface area contributed by atoms with Crippen LogP contribution in [0.2, 0.25) is 5.02 Å². The molecule has 0 fully saturated rings. The van der Waals surface area contributed by atoms with Crippen LogP contribution in [0.3, 0.4) is 0 Å². The number of rotatable bonds is 3. The van der Waals surface area contributed by atoms with Crippen LogP contribution in [0.1, 0.15) is 31.7 Å². The van der Waals surface area contributed by atoms with Gasteiger partial charge in [0.2, 0.25) is 0 Å². The molecule has 0 heterocycles. The van der Waals surface area contributed by atoms with Crippen molar-refractivity contribution in [3.8, 4) is 0 Å². The number of hydrogen-bond acceptors (Lipinski definition) is 2. The number of hydrogen-bond donors (Lipinski definition) is 0. The molecule has 0 aliphatic heterocycles. The van der Waals surface area contributed by atoms with E-state index in [2.05, 4.69) is 0 Å². The molecule has 1 aromatic carbocycles. The summed E-state index contributed by atoms with van der Waals surface area (Å²) in [7, 11) is -3.20. The van der Waals surface area contributed by atoms with E-state index >= 15 is 0 Å². The maximum Gasteiger partial charge on any atom is 0.175 e. The van der Waals surface area contributed by atoms with Crippen molar-refractivity contribution < 1.29 is 8.42 Å².